The van der Waals surface area contributed by atoms with Crippen LogP contribution in [-0.2, 0) is 24.3 Å². The topological polar surface area (TPSA) is 58.6 Å². The molecule has 1 atom stereocenters. The number of fused-ring (bicyclic) bond motifs is 1. The number of nitrogens with zero attached hydrogens (tertiary/aromatic N) is 1. The Morgan fingerprint density at radius 3 is 2.48 bits per heavy atom. The van der Waals surface area contributed by atoms with E-state index in [1.165, 1.54) is 17.0 Å². The van der Waals surface area contributed by atoms with Gasteiger partial charge in [-0.25, -0.2) is 8.78 Å². The van der Waals surface area contributed by atoms with E-state index in [1.807, 2.05) is 36.4 Å². The minimum Gasteiger partial charge on any atom is -0.497 e. The van der Waals surface area contributed by atoms with Gasteiger partial charge in [0, 0.05) is 31.1 Å². The molecule has 0 radical (unpaired) electrons. The molecule has 2 amide bonds. The van der Waals surface area contributed by atoms with Gasteiger partial charge < -0.3 is 15.0 Å². The van der Waals surface area contributed by atoms with Crippen molar-refractivity contribution in [3.8, 4) is 5.75 Å². The fraction of sp³-hybridized carbons (Fsp3) is 0.231. The van der Waals surface area contributed by atoms with Gasteiger partial charge >= 0.3 is 0 Å². The minimum atomic E-state index is -1.26. The zero-order valence-electron chi connectivity index (χ0n) is 18.4. The summed E-state index contributed by atoms with van der Waals surface area (Å²) in [4.78, 5) is 28.3. The molecule has 4 rings (SSSR count). The lowest BCUT2D eigenvalue weighted by Gasteiger charge is -2.44. The Bertz CT molecular complexity index is 1190. The lowest BCUT2D eigenvalue weighted by atomic mass is 9.82. The number of amides is 2. The van der Waals surface area contributed by atoms with Crippen LogP contribution < -0.4 is 10.1 Å². The summed E-state index contributed by atoms with van der Waals surface area (Å²) in [6, 6.07) is 17.5. The van der Waals surface area contributed by atoms with E-state index in [4.69, 9.17) is 4.74 Å². The third-order valence-corrected chi connectivity index (χ3v) is 5.96. The van der Waals surface area contributed by atoms with E-state index < -0.39 is 17.2 Å². The van der Waals surface area contributed by atoms with Gasteiger partial charge in [-0.3, -0.25) is 9.59 Å². The third-order valence-electron chi connectivity index (χ3n) is 5.96. The molecule has 0 bridgehead atoms. The number of methoxy groups -OCH3 is 1. The Labute approximate surface area is 191 Å². The summed E-state index contributed by atoms with van der Waals surface area (Å²) in [5.74, 6) is -1.52. The van der Waals surface area contributed by atoms with Crippen LogP contribution in [0, 0.1) is 11.6 Å². The molecule has 7 heteroatoms. The van der Waals surface area contributed by atoms with Crippen molar-refractivity contribution in [1.82, 2.24) is 10.2 Å². The second-order valence-electron chi connectivity index (χ2n) is 8.31. The molecule has 0 fully saturated rings. The summed E-state index contributed by atoms with van der Waals surface area (Å²) in [7, 11) is 1.57. The first kappa shape index (κ1) is 22.5. The van der Waals surface area contributed by atoms with E-state index in [0.717, 1.165) is 17.2 Å². The largest absolute Gasteiger partial charge is 0.497 e. The molecule has 0 saturated heterocycles. The summed E-state index contributed by atoms with van der Waals surface area (Å²) < 4.78 is 32.8. The molecule has 0 aromatic heterocycles. The molecule has 1 N–H and O–H groups in total. The van der Waals surface area contributed by atoms with Crippen LogP contribution in [0.2, 0.25) is 0 Å². The lowest BCUT2D eigenvalue weighted by Crippen LogP contribution is -2.62. The van der Waals surface area contributed by atoms with Gasteiger partial charge in [-0.05, 0) is 53.9 Å². The van der Waals surface area contributed by atoms with Gasteiger partial charge in [0.1, 0.15) is 22.9 Å². The van der Waals surface area contributed by atoms with E-state index in [2.05, 4.69) is 5.32 Å². The normalized spacial score (nSPS) is 17.5. The maximum Gasteiger partial charge on any atom is 0.255 e. The van der Waals surface area contributed by atoms with Crippen LogP contribution in [0.25, 0.3) is 0 Å². The molecule has 0 spiro atoms. The molecule has 5 nitrogen and oxygen atoms in total. The average molecular weight is 450 g/mol. The first-order chi connectivity index (χ1) is 15.8. The molecule has 0 unspecified atom stereocenters. The van der Waals surface area contributed by atoms with Crippen LogP contribution in [0.5, 0.6) is 5.75 Å². The Morgan fingerprint density at radius 2 is 1.76 bits per heavy atom. The predicted octanol–water partition coefficient (Wildman–Crippen LogP) is 4.25. The Kier molecular flexibility index (Phi) is 6.14. The van der Waals surface area contributed by atoms with Crippen LogP contribution in [0.1, 0.15) is 34.0 Å². The lowest BCUT2D eigenvalue weighted by molar-refractivity contribution is -0.132. The highest BCUT2D eigenvalue weighted by Gasteiger charge is 2.46. The van der Waals surface area contributed by atoms with Crippen LogP contribution in [0.4, 0.5) is 8.78 Å². The molecule has 0 aliphatic carbocycles. The first-order valence-corrected chi connectivity index (χ1v) is 10.6. The van der Waals surface area contributed by atoms with Crippen molar-refractivity contribution in [3.05, 3.63) is 101 Å². The van der Waals surface area contributed by atoms with Gasteiger partial charge in [-0.2, -0.15) is 0 Å². The molecule has 3 aromatic carbocycles. The summed E-state index contributed by atoms with van der Waals surface area (Å²) in [6.07, 6.45) is 0.274. The van der Waals surface area contributed by atoms with Crippen molar-refractivity contribution >= 4 is 11.8 Å². The highest BCUT2D eigenvalue weighted by Crippen LogP contribution is 2.33. The van der Waals surface area contributed by atoms with E-state index in [-0.39, 0.29) is 36.9 Å². The molecule has 33 heavy (non-hydrogen) atoms. The van der Waals surface area contributed by atoms with E-state index in [9.17, 15) is 18.4 Å². The molecule has 1 heterocycles. The molecule has 1 aliphatic rings. The number of halogens is 2. The van der Waals surface area contributed by atoms with Gasteiger partial charge in [0.25, 0.3) is 5.91 Å². The predicted molar refractivity (Wildman–Crippen MR) is 120 cm³/mol. The van der Waals surface area contributed by atoms with Crippen molar-refractivity contribution in [2.24, 2.45) is 0 Å². The number of carbonyl (C=O) groups is 2. The molecule has 0 saturated carbocycles. The molecular formula is C26H24F2N2O3. The standard InChI is InChI=1S/C26H24F2N2O3/c1-26(25(32)29-15-17-6-5-8-22(12-17)33-2)14-19-7-3-4-9-23(19)24(31)30(26)16-18-10-20(27)13-21(28)11-18/h3-13H,14-16H2,1-2H3,(H,29,32)/t26-/m0/s1. The zero-order valence-corrected chi connectivity index (χ0v) is 18.4. The zero-order chi connectivity index (χ0) is 23.6. The number of hydrogen-bond donors (Lipinski definition) is 1. The Balaban J connectivity index is 1.65. The highest BCUT2D eigenvalue weighted by molar-refractivity contribution is 6.02. The summed E-state index contributed by atoms with van der Waals surface area (Å²) in [5, 5.41) is 2.91. The van der Waals surface area contributed by atoms with Crippen molar-refractivity contribution in [3.63, 3.8) is 0 Å². The number of ether oxygens (including phenoxy) is 1. The number of rotatable bonds is 6. The second-order valence-corrected chi connectivity index (χ2v) is 8.31. The van der Waals surface area contributed by atoms with Gasteiger partial charge in [0.15, 0.2) is 0 Å². The molecular weight excluding hydrogens is 426 g/mol. The maximum atomic E-state index is 13.8. The Hall–Kier alpha value is -3.74. The quantitative estimate of drug-likeness (QED) is 0.611. The second kappa shape index (κ2) is 9.02. The molecule has 1 aliphatic heterocycles. The van der Waals surface area contributed by atoms with Crippen LogP contribution >= 0.6 is 0 Å². The fourth-order valence-corrected chi connectivity index (χ4v) is 4.21. The number of benzene rings is 3. The minimum absolute atomic E-state index is 0.106. The van der Waals surface area contributed by atoms with Crippen molar-refractivity contribution < 1.29 is 23.1 Å². The van der Waals surface area contributed by atoms with E-state index >= 15 is 0 Å². The van der Waals surface area contributed by atoms with Crippen LogP contribution in [0.3, 0.4) is 0 Å². The highest BCUT2D eigenvalue weighted by atomic mass is 19.1. The maximum absolute atomic E-state index is 13.8. The number of carbonyl (C=O) groups excluding carboxylic acids is 2. The van der Waals surface area contributed by atoms with E-state index in [0.29, 0.717) is 11.3 Å². The molecule has 170 valence electrons. The van der Waals surface area contributed by atoms with Gasteiger partial charge in [-0.15, -0.1) is 0 Å². The first-order valence-electron chi connectivity index (χ1n) is 10.6. The van der Waals surface area contributed by atoms with Crippen LogP contribution in [-0.4, -0.2) is 29.4 Å². The fourth-order valence-electron chi connectivity index (χ4n) is 4.21. The SMILES string of the molecule is COc1cccc(CNC(=O)[C@]2(C)Cc3ccccc3C(=O)N2Cc2cc(F)cc(F)c2)c1. The van der Waals surface area contributed by atoms with Gasteiger partial charge in [0.2, 0.25) is 5.91 Å². The Morgan fingerprint density at radius 1 is 1.03 bits per heavy atom. The van der Waals surface area contributed by atoms with Gasteiger partial charge in [-0.1, -0.05) is 30.3 Å². The monoisotopic (exact) mass is 450 g/mol. The van der Waals surface area contributed by atoms with Crippen molar-refractivity contribution in [2.75, 3.05) is 7.11 Å². The summed E-state index contributed by atoms with van der Waals surface area (Å²) in [5.41, 5.74) is 1.09. The smallest absolute Gasteiger partial charge is 0.255 e. The van der Waals surface area contributed by atoms with Crippen LogP contribution in [0.15, 0.2) is 66.7 Å². The van der Waals surface area contributed by atoms with E-state index in [1.54, 1.807) is 26.2 Å². The number of hydrogen-bond acceptors (Lipinski definition) is 3. The molecule has 3 aromatic rings. The summed E-state index contributed by atoms with van der Waals surface area (Å²) >= 11 is 0. The average Bonchev–Trinajstić information content (AvgIpc) is 2.79. The van der Waals surface area contributed by atoms with Crippen molar-refractivity contribution in [2.45, 2.75) is 32.0 Å². The van der Waals surface area contributed by atoms with Crippen molar-refractivity contribution in [1.29, 1.82) is 0 Å². The number of nitrogens with one attached hydrogen (secondary N) is 1. The van der Waals surface area contributed by atoms with Gasteiger partial charge in [0.05, 0.1) is 7.11 Å². The summed E-state index contributed by atoms with van der Waals surface area (Å²) in [6.45, 7) is 1.81. The third kappa shape index (κ3) is 4.58.